The first kappa shape index (κ1) is 20.4. The molecule has 0 aliphatic rings. The molecule has 5 rings (SSSR count). The maximum absolute atomic E-state index is 13.1. The second kappa shape index (κ2) is 8.22. The number of hydrogen-bond acceptors (Lipinski definition) is 5. The number of fused-ring (bicyclic) bond motifs is 1. The van der Waals surface area contributed by atoms with Crippen LogP contribution in [0.3, 0.4) is 0 Å². The van der Waals surface area contributed by atoms with Gasteiger partial charge in [0, 0.05) is 34.3 Å². The maximum atomic E-state index is 13.1. The average Bonchev–Trinajstić information content (AvgIpc) is 3.37. The van der Waals surface area contributed by atoms with Crippen molar-refractivity contribution in [2.75, 3.05) is 0 Å². The van der Waals surface area contributed by atoms with Crippen LogP contribution in [0.1, 0.15) is 22.6 Å². The molecule has 0 radical (unpaired) electrons. The van der Waals surface area contributed by atoms with E-state index in [4.69, 9.17) is 16.0 Å². The summed E-state index contributed by atoms with van der Waals surface area (Å²) in [6, 6.07) is 20.7. The van der Waals surface area contributed by atoms with E-state index in [1.165, 1.54) is 15.7 Å². The van der Waals surface area contributed by atoms with Gasteiger partial charge >= 0.3 is 0 Å². The van der Waals surface area contributed by atoms with Gasteiger partial charge in [0.1, 0.15) is 16.1 Å². The number of aryl methyl sites for hydroxylation is 1. The van der Waals surface area contributed by atoms with Gasteiger partial charge in [0.15, 0.2) is 0 Å². The number of thiazole rings is 1. The van der Waals surface area contributed by atoms with Crippen molar-refractivity contribution in [3.05, 3.63) is 120 Å². The Bertz CT molecular complexity index is 1600. The van der Waals surface area contributed by atoms with Gasteiger partial charge in [-0.05, 0) is 48.9 Å². The van der Waals surface area contributed by atoms with E-state index in [0.717, 1.165) is 11.1 Å². The largest absolute Gasteiger partial charge is 0.457 e. The summed E-state index contributed by atoms with van der Waals surface area (Å²) >= 11 is 7.12. The summed E-state index contributed by atoms with van der Waals surface area (Å²) in [5.74, 6) is 1.22. The van der Waals surface area contributed by atoms with E-state index in [0.29, 0.717) is 43.7 Å². The number of nitrogens with zero attached hydrogens (tertiary/aromatic N) is 2. The lowest BCUT2D eigenvalue weighted by Gasteiger charge is -2.06. The molecule has 0 unspecified atom stereocenters. The molecule has 158 valence electrons. The average molecular weight is 461 g/mol. The molecule has 5 nitrogen and oxygen atoms in total. The Labute approximate surface area is 191 Å². The molecule has 3 aromatic heterocycles. The van der Waals surface area contributed by atoms with Crippen LogP contribution in [0.2, 0.25) is 5.02 Å². The lowest BCUT2D eigenvalue weighted by molar-refractivity contribution is 0.571. The van der Waals surface area contributed by atoms with Crippen molar-refractivity contribution < 1.29 is 4.42 Å². The van der Waals surface area contributed by atoms with Crippen molar-refractivity contribution in [1.29, 1.82) is 0 Å². The summed E-state index contributed by atoms with van der Waals surface area (Å²) in [6.45, 7) is 1.79. The van der Waals surface area contributed by atoms with Gasteiger partial charge in [-0.25, -0.2) is 0 Å². The molecule has 3 heterocycles. The van der Waals surface area contributed by atoms with Crippen LogP contribution >= 0.6 is 22.9 Å². The number of rotatable bonds is 4. The lowest BCUT2D eigenvalue weighted by Crippen LogP contribution is -2.27. The SMILES string of the molecule is Cc1c(Cc2ccccc2)c(=O)nc2s/c(=C\c3ccc(-c4ccc(Cl)cc4)o3)c(=O)n12. The molecule has 0 amide bonds. The maximum Gasteiger partial charge on any atom is 0.277 e. The molecule has 0 bridgehead atoms. The van der Waals surface area contributed by atoms with Crippen LogP contribution in [0.4, 0.5) is 0 Å². The van der Waals surface area contributed by atoms with Crippen LogP contribution in [0, 0.1) is 6.92 Å². The Kier molecular flexibility index (Phi) is 5.25. The van der Waals surface area contributed by atoms with Crippen molar-refractivity contribution in [3.63, 3.8) is 0 Å². The van der Waals surface area contributed by atoms with E-state index < -0.39 is 0 Å². The van der Waals surface area contributed by atoms with Crippen molar-refractivity contribution in [3.8, 4) is 11.3 Å². The molecule has 0 fully saturated rings. The molecular weight excluding hydrogens is 444 g/mol. The highest BCUT2D eigenvalue weighted by atomic mass is 35.5. The summed E-state index contributed by atoms with van der Waals surface area (Å²) in [6.07, 6.45) is 2.11. The lowest BCUT2D eigenvalue weighted by atomic mass is 10.1. The van der Waals surface area contributed by atoms with Gasteiger partial charge in [0.2, 0.25) is 4.96 Å². The molecule has 32 heavy (non-hydrogen) atoms. The monoisotopic (exact) mass is 460 g/mol. The molecule has 0 atom stereocenters. The minimum absolute atomic E-state index is 0.214. The zero-order chi connectivity index (χ0) is 22.2. The van der Waals surface area contributed by atoms with Crippen LogP contribution in [0.25, 0.3) is 22.4 Å². The van der Waals surface area contributed by atoms with Gasteiger partial charge < -0.3 is 4.42 Å². The van der Waals surface area contributed by atoms with Crippen molar-refractivity contribution in [2.45, 2.75) is 13.3 Å². The summed E-state index contributed by atoms with van der Waals surface area (Å²) in [4.78, 5) is 30.4. The number of aromatic nitrogens is 2. The molecule has 0 aliphatic heterocycles. The van der Waals surface area contributed by atoms with Crippen molar-refractivity contribution in [2.24, 2.45) is 0 Å². The third-order valence-corrected chi connectivity index (χ3v) is 6.51. The van der Waals surface area contributed by atoms with Crippen LogP contribution in [0.15, 0.2) is 80.7 Å². The zero-order valence-electron chi connectivity index (χ0n) is 17.0. The molecular formula is C25H17ClN2O3S. The smallest absolute Gasteiger partial charge is 0.277 e. The Morgan fingerprint density at radius 1 is 1.03 bits per heavy atom. The van der Waals surface area contributed by atoms with Gasteiger partial charge in [-0.3, -0.25) is 14.0 Å². The Balaban J connectivity index is 1.57. The van der Waals surface area contributed by atoms with Gasteiger partial charge in [0.25, 0.3) is 11.1 Å². The normalized spacial score (nSPS) is 12.0. The van der Waals surface area contributed by atoms with Gasteiger partial charge in [-0.15, -0.1) is 0 Å². The topological polar surface area (TPSA) is 64.6 Å². The van der Waals surface area contributed by atoms with Crippen molar-refractivity contribution in [1.82, 2.24) is 9.38 Å². The highest BCUT2D eigenvalue weighted by Gasteiger charge is 2.15. The standard InChI is InChI=1S/C25H17ClN2O3S/c1-15-20(13-16-5-3-2-4-6-16)23(29)27-25-28(15)24(30)22(32-25)14-19-11-12-21(31-19)17-7-9-18(26)10-8-17/h2-12,14H,13H2,1H3/b22-14-. The third kappa shape index (κ3) is 3.79. The zero-order valence-corrected chi connectivity index (χ0v) is 18.6. The van der Waals surface area contributed by atoms with Crippen molar-refractivity contribution >= 4 is 34.0 Å². The molecule has 2 aromatic carbocycles. The van der Waals surface area contributed by atoms with Gasteiger partial charge in [-0.2, -0.15) is 4.98 Å². The van der Waals surface area contributed by atoms with Gasteiger partial charge in [0.05, 0.1) is 0 Å². The summed E-state index contributed by atoms with van der Waals surface area (Å²) in [5.41, 5.74) is 2.51. The van der Waals surface area contributed by atoms with Crippen LogP contribution in [-0.4, -0.2) is 9.38 Å². The van der Waals surface area contributed by atoms with E-state index in [2.05, 4.69) is 4.98 Å². The number of benzene rings is 2. The molecule has 0 saturated carbocycles. The molecule has 0 spiro atoms. The van der Waals surface area contributed by atoms with Crippen LogP contribution < -0.4 is 15.7 Å². The number of furan rings is 1. The third-order valence-electron chi connectivity index (χ3n) is 5.29. The highest BCUT2D eigenvalue weighted by Crippen LogP contribution is 2.24. The van der Waals surface area contributed by atoms with Crippen LogP contribution in [-0.2, 0) is 6.42 Å². The Morgan fingerprint density at radius 3 is 2.53 bits per heavy atom. The fourth-order valence-corrected chi connectivity index (χ4v) is 4.74. The molecule has 0 saturated heterocycles. The molecule has 0 N–H and O–H groups in total. The second-order valence-corrected chi connectivity index (χ2v) is 8.83. The first-order valence-corrected chi connectivity index (χ1v) is 11.2. The summed E-state index contributed by atoms with van der Waals surface area (Å²) in [7, 11) is 0. The molecule has 5 aromatic rings. The van der Waals surface area contributed by atoms with Gasteiger partial charge in [-0.1, -0.05) is 53.3 Å². The summed E-state index contributed by atoms with van der Waals surface area (Å²) < 4.78 is 7.86. The van der Waals surface area contributed by atoms with E-state index in [9.17, 15) is 9.59 Å². The fraction of sp³-hybridized carbons (Fsp3) is 0.0800. The number of hydrogen-bond donors (Lipinski definition) is 0. The Morgan fingerprint density at radius 2 is 1.78 bits per heavy atom. The predicted octanol–water partition coefficient (Wildman–Crippen LogP) is 4.48. The molecule has 0 aliphatic carbocycles. The minimum atomic E-state index is -0.304. The first-order valence-electron chi connectivity index (χ1n) is 9.96. The highest BCUT2D eigenvalue weighted by molar-refractivity contribution is 7.15. The number of halogens is 1. The second-order valence-electron chi connectivity index (χ2n) is 7.39. The van der Waals surface area contributed by atoms with Crippen LogP contribution in [0.5, 0.6) is 0 Å². The van der Waals surface area contributed by atoms with E-state index in [-0.39, 0.29) is 11.1 Å². The summed E-state index contributed by atoms with van der Waals surface area (Å²) in [5, 5.41) is 0.651. The quantitative estimate of drug-likeness (QED) is 0.397. The first-order chi connectivity index (χ1) is 15.5. The van der Waals surface area contributed by atoms with E-state index in [1.807, 2.05) is 48.5 Å². The predicted molar refractivity (Wildman–Crippen MR) is 128 cm³/mol. The molecule has 7 heteroatoms. The van der Waals surface area contributed by atoms with E-state index in [1.54, 1.807) is 31.2 Å². The fourth-order valence-electron chi connectivity index (χ4n) is 3.62. The minimum Gasteiger partial charge on any atom is -0.457 e. The Hall–Kier alpha value is -3.48. The van der Waals surface area contributed by atoms with E-state index >= 15 is 0 Å².